The normalized spacial score (nSPS) is 18.4. The molecule has 0 saturated carbocycles. The van der Waals surface area contributed by atoms with Crippen LogP contribution in [-0.2, 0) is 6.42 Å². The van der Waals surface area contributed by atoms with Crippen molar-refractivity contribution in [2.75, 3.05) is 0 Å². The molecule has 0 aliphatic heterocycles. The summed E-state index contributed by atoms with van der Waals surface area (Å²) in [6.07, 6.45) is 5.74. The van der Waals surface area contributed by atoms with E-state index >= 15 is 0 Å². The fourth-order valence-electron chi connectivity index (χ4n) is 1.90. The van der Waals surface area contributed by atoms with E-state index < -0.39 is 0 Å². The standard InChI is InChI=1S/C13H16/c1-10-4-5-12-9-13(2,3)7-6-11(12)8-10/h4-8H,9H2,1-3H3. The first-order valence-electron chi connectivity index (χ1n) is 4.86. The van der Waals surface area contributed by atoms with Crippen LogP contribution in [0.2, 0.25) is 0 Å². The van der Waals surface area contributed by atoms with Crippen LogP contribution in [0, 0.1) is 12.3 Å². The van der Waals surface area contributed by atoms with Crippen molar-refractivity contribution in [1.29, 1.82) is 0 Å². The summed E-state index contributed by atoms with van der Waals surface area (Å²) < 4.78 is 0. The summed E-state index contributed by atoms with van der Waals surface area (Å²) in [7, 11) is 0. The van der Waals surface area contributed by atoms with Gasteiger partial charge in [0.25, 0.3) is 0 Å². The summed E-state index contributed by atoms with van der Waals surface area (Å²) in [6.45, 7) is 6.71. The summed E-state index contributed by atoms with van der Waals surface area (Å²) in [5.74, 6) is 0. The van der Waals surface area contributed by atoms with Gasteiger partial charge < -0.3 is 0 Å². The van der Waals surface area contributed by atoms with E-state index in [4.69, 9.17) is 0 Å². The fraction of sp³-hybridized carbons (Fsp3) is 0.385. The predicted octanol–water partition coefficient (Wildman–Crippen LogP) is 3.59. The van der Waals surface area contributed by atoms with Crippen molar-refractivity contribution in [3.05, 3.63) is 41.0 Å². The van der Waals surface area contributed by atoms with Gasteiger partial charge in [0.15, 0.2) is 0 Å². The van der Waals surface area contributed by atoms with Gasteiger partial charge in [0.1, 0.15) is 0 Å². The number of hydrogen-bond donors (Lipinski definition) is 0. The molecule has 0 spiro atoms. The molecule has 1 aliphatic rings. The minimum atomic E-state index is 0.336. The van der Waals surface area contributed by atoms with E-state index in [9.17, 15) is 0 Å². The molecule has 13 heavy (non-hydrogen) atoms. The molecule has 0 unspecified atom stereocenters. The summed E-state index contributed by atoms with van der Waals surface area (Å²) in [4.78, 5) is 0. The molecule has 0 bridgehead atoms. The highest BCUT2D eigenvalue weighted by Crippen LogP contribution is 2.31. The topological polar surface area (TPSA) is 0 Å². The summed E-state index contributed by atoms with van der Waals surface area (Å²) in [5, 5.41) is 0. The number of allylic oxidation sites excluding steroid dienone is 1. The van der Waals surface area contributed by atoms with E-state index in [-0.39, 0.29) is 0 Å². The smallest absolute Gasteiger partial charge is 0.0131 e. The van der Waals surface area contributed by atoms with Crippen LogP contribution in [0.15, 0.2) is 24.3 Å². The maximum Gasteiger partial charge on any atom is -0.0131 e. The monoisotopic (exact) mass is 172 g/mol. The van der Waals surface area contributed by atoms with Gasteiger partial charge in [0.2, 0.25) is 0 Å². The number of aryl methyl sites for hydroxylation is 1. The lowest BCUT2D eigenvalue weighted by atomic mass is 9.79. The lowest BCUT2D eigenvalue weighted by Crippen LogP contribution is -2.15. The SMILES string of the molecule is Cc1ccc2c(c1)C=CC(C)(C)C2. The van der Waals surface area contributed by atoms with Crippen LogP contribution in [0.5, 0.6) is 0 Å². The van der Waals surface area contributed by atoms with Crippen molar-refractivity contribution in [3.63, 3.8) is 0 Å². The van der Waals surface area contributed by atoms with Gasteiger partial charge in [-0.05, 0) is 29.9 Å². The van der Waals surface area contributed by atoms with Crippen molar-refractivity contribution in [2.24, 2.45) is 5.41 Å². The molecule has 1 aliphatic carbocycles. The Morgan fingerprint density at radius 1 is 1.23 bits per heavy atom. The number of hydrogen-bond acceptors (Lipinski definition) is 0. The van der Waals surface area contributed by atoms with E-state index in [0.717, 1.165) is 0 Å². The molecule has 0 amide bonds. The van der Waals surface area contributed by atoms with E-state index in [1.165, 1.54) is 23.1 Å². The third-order valence-electron chi connectivity index (χ3n) is 2.66. The van der Waals surface area contributed by atoms with Gasteiger partial charge in [-0.15, -0.1) is 0 Å². The zero-order chi connectivity index (χ0) is 9.47. The second-order valence-electron chi connectivity index (χ2n) is 4.70. The minimum absolute atomic E-state index is 0.336. The maximum absolute atomic E-state index is 2.31. The first-order chi connectivity index (χ1) is 6.07. The second-order valence-corrected chi connectivity index (χ2v) is 4.70. The molecule has 1 aromatic carbocycles. The summed E-state index contributed by atoms with van der Waals surface area (Å²) >= 11 is 0. The summed E-state index contributed by atoms with van der Waals surface area (Å²) in [6, 6.07) is 6.73. The lowest BCUT2D eigenvalue weighted by Gasteiger charge is -2.25. The van der Waals surface area contributed by atoms with Gasteiger partial charge >= 0.3 is 0 Å². The van der Waals surface area contributed by atoms with Gasteiger partial charge in [0, 0.05) is 0 Å². The van der Waals surface area contributed by atoms with Crippen molar-refractivity contribution >= 4 is 6.08 Å². The molecule has 1 aromatic rings. The van der Waals surface area contributed by atoms with Crippen LogP contribution in [0.4, 0.5) is 0 Å². The van der Waals surface area contributed by atoms with Crippen molar-refractivity contribution in [2.45, 2.75) is 27.2 Å². The van der Waals surface area contributed by atoms with Crippen LogP contribution in [0.3, 0.4) is 0 Å². The Hall–Kier alpha value is -1.04. The average molecular weight is 172 g/mol. The number of fused-ring (bicyclic) bond motifs is 1. The second kappa shape index (κ2) is 2.73. The highest BCUT2D eigenvalue weighted by atomic mass is 14.2. The largest absolute Gasteiger partial charge is 0.0779 e. The lowest BCUT2D eigenvalue weighted by molar-refractivity contribution is 0.475. The Kier molecular flexibility index (Phi) is 1.80. The molecule has 0 nitrogen and oxygen atoms in total. The highest BCUT2D eigenvalue weighted by Gasteiger charge is 2.19. The van der Waals surface area contributed by atoms with E-state index in [0.29, 0.717) is 5.41 Å². The molecule has 2 rings (SSSR count). The van der Waals surface area contributed by atoms with Crippen LogP contribution in [0.25, 0.3) is 6.08 Å². The third-order valence-corrected chi connectivity index (χ3v) is 2.66. The van der Waals surface area contributed by atoms with Gasteiger partial charge in [0.05, 0.1) is 0 Å². The van der Waals surface area contributed by atoms with Crippen molar-refractivity contribution < 1.29 is 0 Å². The first kappa shape index (κ1) is 8.55. The molecule has 0 aromatic heterocycles. The maximum atomic E-state index is 2.31. The zero-order valence-corrected chi connectivity index (χ0v) is 8.59. The number of rotatable bonds is 0. The quantitative estimate of drug-likeness (QED) is 0.561. The predicted molar refractivity (Wildman–Crippen MR) is 57.7 cm³/mol. The Labute approximate surface area is 80.3 Å². The van der Waals surface area contributed by atoms with Crippen molar-refractivity contribution in [1.82, 2.24) is 0 Å². The molecule has 0 atom stereocenters. The molecule has 68 valence electrons. The fourth-order valence-corrected chi connectivity index (χ4v) is 1.90. The Morgan fingerprint density at radius 2 is 2.00 bits per heavy atom. The van der Waals surface area contributed by atoms with Crippen LogP contribution >= 0.6 is 0 Å². The van der Waals surface area contributed by atoms with E-state index in [2.05, 4.69) is 51.1 Å². The molecule has 0 saturated heterocycles. The van der Waals surface area contributed by atoms with E-state index in [1.54, 1.807) is 0 Å². The molecular weight excluding hydrogens is 156 g/mol. The molecule has 0 heteroatoms. The van der Waals surface area contributed by atoms with E-state index in [1.807, 2.05) is 0 Å². The van der Waals surface area contributed by atoms with Gasteiger partial charge in [-0.2, -0.15) is 0 Å². The Morgan fingerprint density at radius 3 is 2.77 bits per heavy atom. The molecule has 0 fully saturated rings. The van der Waals surface area contributed by atoms with Gasteiger partial charge in [-0.25, -0.2) is 0 Å². The molecule has 0 N–H and O–H groups in total. The van der Waals surface area contributed by atoms with Crippen LogP contribution < -0.4 is 0 Å². The Bertz CT molecular complexity index is 356. The average Bonchev–Trinajstić information content (AvgIpc) is 2.05. The first-order valence-corrected chi connectivity index (χ1v) is 4.86. The number of benzene rings is 1. The molecule has 0 heterocycles. The Balaban J connectivity index is 2.47. The molecule has 0 radical (unpaired) electrons. The highest BCUT2D eigenvalue weighted by molar-refractivity contribution is 5.58. The minimum Gasteiger partial charge on any atom is -0.0779 e. The molecular formula is C13H16. The summed E-state index contributed by atoms with van der Waals surface area (Å²) in [5.41, 5.74) is 4.57. The van der Waals surface area contributed by atoms with Gasteiger partial charge in [-0.1, -0.05) is 49.8 Å². The van der Waals surface area contributed by atoms with Crippen LogP contribution in [-0.4, -0.2) is 0 Å². The third kappa shape index (κ3) is 1.67. The van der Waals surface area contributed by atoms with Crippen LogP contribution in [0.1, 0.15) is 30.5 Å². The van der Waals surface area contributed by atoms with Gasteiger partial charge in [-0.3, -0.25) is 0 Å². The van der Waals surface area contributed by atoms with Crippen molar-refractivity contribution in [3.8, 4) is 0 Å². The zero-order valence-electron chi connectivity index (χ0n) is 8.59.